The van der Waals surface area contributed by atoms with Gasteiger partial charge in [0.2, 0.25) is 0 Å². The summed E-state index contributed by atoms with van der Waals surface area (Å²) in [5, 5.41) is 2.78. The van der Waals surface area contributed by atoms with Crippen LogP contribution < -0.4 is 5.32 Å². The molecule has 0 aliphatic carbocycles. The molecule has 2 atom stereocenters. The minimum Gasteiger partial charge on any atom is -0.468 e. The van der Waals surface area contributed by atoms with Gasteiger partial charge in [-0.2, -0.15) is 13.2 Å². The fourth-order valence-electron chi connectivity index (χ4n) is 1.84. The Morgan fingerprint density at radius 1 is 1.26 bits per heavy atom. The zero-order chi connectivity index (χ0) is 14.6. The Bertz CT molecular complexity index is 446. The average molecular weight is 275 g/mol. The van der Waals surface area contributed by atoms with Gasteiger partial charge < -0.3 is 4.74 Å². The van der Waals surface area contributed by atoms with Gasteiger partial charge in [-0.3, -0.25) is 10.1 Å². The van der Waals surface area contributed by atoms with E-state index in [1.54, 1.807) is 13.8 Å². The standard InChI is InChI=1S/C13H16F3NO2/c1-8(17-9(2)12(18)19-3)10-6-4-5-7-11(10)13(14,15)16/h4-9,17H,1-3H3/t8?,9-/m0/s1. The van der Waals surface area contributed by atoms with E-state index in [4.69, 9.17) is 0 Å². The molecule has 0 fully saturated rings. The second-order valence-electron chi connectivity index (χ2n) is 4.22. The lowest BCUT2D eigenvalue weighted by Gasteiger charge is -2.22. The number of carbonyl (C=O) groups excluding carboxylic acids is 1. The number of ether oxygens (including phenoxy) is 1. The van der Waals surface area contributed by atoms with Crippen LogP contribution in [0.25, 0.3) is 0 Å². The number of methoxy groups -OCH3 is 1. The first kappa shape index (κ1) is 15.5. The number of hydrogen-bond acceptors (Lipinski definition) is 3. The quantitative estimate of drug-likeness (QED) is 0.859. The van der Waals surface area contributed by atoms with Gasteiger partial charge in [0.25, 0.3) is 0 Å². The third-order valence-corrected chi connectivity index (χ3v) is 2.79. The molecule has 19 heavy (non-hydrogen) atoms. The first-order valence-corrected chi connectivity index (χ1v) is 5.77. The molecule has 0 saturated carbocycles. The van der Waals surface area contributed by atoms with Gasteiger partial charge in [0.1, 0.15) is 6.04 Å². The zero-order valence-electron chi connectivity index (χ0n) is 10.9. The lowest BCUT2D eigenvalue weighted by atomic mass is 10.0. The molecule has 0 aliphatic heterocycles. The van der Waals surface area contributed by atoms with Gasteiger partial charge in [0.05, 0.1) is 12.7 Å². The van der Waals surface area contributed by atoms with E-state index >= 15 is 0 Å². The summed E-state index contributed by atoms with van der Waals surface area (Å²) in [5.41, 5.74) is -0.599. The Morgan fingerprint density at radius 3 is 2.37 bits per heavy atom. The van der Waals surface area contributed by atoms with E-state index in [-0.39, 0.29) is 5.56 Å². The van der Waals surface area contributed by atoms with E-state index in [0.29, 0.717) is 0 Å². The summed E-state index contributed by atoms with van der Waals surface area (Å²) in [4.78, 5) is 11.3. The lowest BCUT2D eigenvalue weighted by Crippen LogP contribution is -2.37. The maximum Gasteiger partial charge on any atom is 0.416 e. The molecule has 1 unspecified atom stereocenters. The van der Waals surface area contributed by atoms with Crippen LogP contribution in [-0.4, -0.2) is 19.1 Å². The van der Waals surface area contributed by atoms with Crippen molar-refractivity contribution < 1.29 is 22.7 Å². The maximum atomic E-state index is 12.9. The Balaban J connectivity index is 2.94. The third-order valence-electron chi connectivity index (χ3n) is 2.79. The van der Waals surface area contributed by atoms with Gasteiger partial charge in [-0.25, -0.2) is 0 Å². The van der Waals surface area contributed by atoms with Gasteiger partial charge >= 0.3 is 12.1 Å². The molecule has 1 N–H and O–H groups in total. The van der Waals surface area contributed by atoms with Crippen LogP contribution in [0.5, 0.6) is 0 Å². The SMILES string of the molecule is COC(=O)[C@H](C)NC(C)c1ccccc1C(F)(F)F. The number of alkyl halides is 3. The molecule has 1 aromatic rings. The van der Waals surface area contributed by atoms with Gasteiger partial charge in [-0.1, -0.05) is 18.2 Å². The van der Waals surface area contributed by atoms with E-state index in [1.165, 1.54) is 25.3 Å². The fraction of sp³-hybridized carbons (Fsp3) is 0.462. The number of benzene rings is 1. The van der Waals surface area contributed by atoms with Crippen LogP contribution in [0.4, 0.5) is 13.2 Å². The van der Waals surface area contributed by atoms with E-state index in [1.807, 2.05) is 0 Å². The molecule has 0 radical (unpaired) electrons. The summed E-state index contributed by atoms with van der Waals surface area (Å²) in [5.74, 6) is -0.517. The van der Waals surface area contributed by atoms with Crippen molar-refractivity contribution in [3.05, 3.63) is 35.4 Å². The number of esters is 1. The average Bonchev–Trinajstić information content (AvgIpc) is 2.36. The van der Waals surface area contributed by atoms with Crippen LogP contribution in [-0.2, 0) is 15.7 Å². The molecular weight excluding hydrogens is 259 g/mol. The predicted molar refractivity (Wildman–Crippen MR) is 64.5 cm³/mol. The predicted octanol–water partition coefficient (Wildman–Crippen LogP) is 2.92. The first-order chi connectivity index (χ1) is 8.77. The minimum absolute atomic E-state index is 0.103. The second-order valence-corrected chi connectivity index (χ2v) is 4.22. The van der Waals surface area contributed by atoms with Crippen LogP contribution >= 0.6 is 0 Å². The molecule has 0 spiro atoms. The molecule has 0 heterocycles. The van der Waals surface area contributed by atoms with Crippen molar-refractivity contribution in [1.29, 1.82) is 0 Å². The highest BCUT2D eigenvalue weighted by Gasteiger charge is 2.34. The molecule has 1 aromatic carbocycles. The molecule has 0 saturated heterocycles. The summed E-state index contributed by atoms with van der Waals surface area (Å²) in [7, 11) is 1.23. The van der Waals surface area contributed by atoms with Crippen molar-refractivity contribution in [3.63, 3.8) is 0 Å². The van der Waals surface area contributed by atoms with Gasteiger partial charge in [-0.15, -0.1) is 0 Å². The largest absolute Gasteiger partial charge is 0.468 e. The van der Waals surface area contributed by atoms with Crippen LogP contribution in [0, 0.1) is 0 Å². The van der Waals surface area contributed by atoms with E-state index in [0.717, 1.165) is 6.07 Å². The molecule has 106 valence electrons. The maximum absolute atomic E-state index is 12.9. The number of carbonyl (C=O) groups is 1. The molecule has 6 heteroatoms. The Labute approximate surface area is 109 Å². The second kappa shape index (κ2) is 6.06. The summed E-state index contributed by atoms with van der Waals surface area (Å²) in [6.45, 7) is 3.11. The van der Waals surface area contributed by atoms with E-state index < -0.39 is 29.8 Å². The summed E-state index contributed by atoms with van der Waals surface area (Å²) in [6, 6.07) is 3.99. The van der Waals surface area contributed by atoms with Crippen LogP contribution in [0.15, 0.2) is 24.3 Å². The smallest absolute Gasteiger partial charge is 0.416 e. The number of rotatable bonds is 4. The molecular formula is C13H16F3NO2. The van der Waals surface area contributed by atoms with Crippen molar-refractivity contribution in [2.24, 2.45) is 0 Å². The van der Waals surface area contributed by atoms with E-state index in [2.05, 4.69) is 10.1 Å². The summed E-state index contributed by atoms with van der Waals surface area (Å²) >= 11 is 0. The topological polar surface area (TPSA) is 38.3 Å². The first-order valence-electron chi connectivity index (χ1n) is 5.77. The third kappa shape index (κ3) is 3.96. The number of nitrogens with one attached hydrogen (secondary N) is 1. The van der Waals surface area contributed by atoms with Gasteiger partial charge in [0, 0.05) is 6.04 Å². The minimum atomic E-state index is -4.42. The Kier molecular flexibility index (Phi) is 4.94. The molecule has 3 nitrogen and oxygen atoms in total. The zero-order valence-corrected chi connectivity index (χ0v) is 10.9. The highest BCUT2D eigenvalue weighted by molar-refractivity contribution is 5.75. The van der Waals surface area contributed by atoms with Gasteiger partial charge in [-0.05, 0) is 25.5 Å². The van der Waals surface area contributed by atoms with Crippen molar-refractivity contribution >= 4 is 5.97 Å². The highest BCUT2D eigenvalue weighted by Crippen LogP contribution is 2.34. The molecule has 1 rings (SSSR count). The molecule has 0 amide bonds. The Morgan fingerprint density at radius 2 is 1.84 bits per heavy atom. The molecule has 0 bridgehead atoms. The molecule has 0 aliphatic rings. The summed E-state index contributed by atoms with van der Waals surface area (Å²) < 4.78 is 43.1. The number of halogens is 3. The fourth-order valence-corrected chi connectivity index (χ4v) is 1.84. The number of hydrogen-bond donors (Lipinski definition) is 1. The summed E-state index contributed by atoms with van der Waals surface area (Å²) in [6.07, 6.45) is -4.42. The van der Waals surface area contributed by atoms with Crippen LogP contribution in [0.2, 0.25) is 0 Å². The Hall–Kier alpha value is -1.56. The van der Waals surface area contributed by atoms with Crippen LogP contribution in [0.1, 0.15) is 31.0 Å². The highest BCUT2D eigenvalue weighted by atomic mass is 19.4. The normalized spacial score (nSPS) is 14.8. The van der Waals surface area contributed by atoms with Crippen molar-refractivity contribution in [3.8, 4) is 0 Å². The lowest BCUT2D eigenvalue weighted by molar-refractivity contribution is -0.142. The monoisotopic (exact) mass is 275 g/mol. The van der Waals surface area contributed by atoms with Crippen molar-refractivity contribution in [1.82, 2.24) is 5.32 Å². The van der Waals surface area contributed by atoms with Gasteiger partial charge in [0.15, 0.2) is 0 Å². The van der Waals surface area contributed by atoms with E-state index in [9.17, 15) is 18.0 Å². The van der Waals surface area contributed by atoms with Crippen molar-refractivity contribution in [2.45, 2.75) is 32.1 Å². The van der Waals surface area contributed by atoms with Crippen LogP contribution in [0.3, 0.4) is 0 Å². The van der Waals surface area contributed by atoms with Crippen molar-refractivity contribution in [2.75, 3.05) is 7.11 Å². The molecule has 0 aromatic heterocycles.